The van der Waals surface area contributed by atoms with Crippen molar-refractivity contribution in [2.45, 2.75) is 19.4 Å². The van der Waals surface area contributed by atoms with Gasteiger partial charge in [0.1, 0.15) is 0 Å². The summed E-state index contributed by atoms with van der Waals surface area (Å²) in [6, 6.07) is 6.73. The Labute approximate surface area is 93.5 Å². The Morgan fingerprint density at radius 3 is 2.88 bits per heavy atom. The second kappa shape index (κ2) is 4.35. The first-order valence-corrected chi connectivity index (χ1v) is 5.27. The minimum absolute atomic E-state index is 0.153. The molecular formula is C12H13NO3. The third-order valence-electron chi connectivity index (χ3n) is 2.72. The lowest BCUT2D eigenvalue weighted by molar-refractivity contribution is -0.128. The van der Waals surface area contributed by atoms with Crippen LogP contribution in [0.5, 0.6) is 0 Å². The molecule has 0 unspecified atom stereocenters. The highest BCUT2D eigenvalue weighted by molar-refractivity contribution is 5.87. The average Bonchev–Trinajstić information content (AvgIpc) is 2.65. The summed E-state index contributed by atoms with van der Waals surface area (Å²) in [4.78, 5) is 23.9. The molecular weight excluding hydrogens is 206 g/mol. The summed E-state index contributed by atoms with van der Waals surface area (Å²) in [6.45, 7) is 1.29. The maximum Gasteiger partial charge on any atom is 0.335 e. The Morgan fingerprint density at radius 1 is 1.44 bits per heavy atom. The molecule has 84 valence electrons. The van der Waals surface area contributed by atoms with Crippen LogP contribution in [-0.4, -0.2) is 28.4 Å². The molecule has 1 N–H and O–H groups in total. The van der Waals surface area contributed by atoms with Crippen LogP contribution in [0.4, 0.5) is 0 Å². The van der Waals surface area contributed by atoms with E-state index in [2.05, 4.69) is 0 Å². The molecule has 1 saturated heterocycles. The number of benzene rings is 1. The van der Waals surface area contributed by atoms with Crippen LogP contribution in [0.15, 0.2) is 24.3 Å². The van der Waals surface area contributed by atoms with Crippen LogP contribution in [-0.2, 0) is 11.3 Å². The predicted octanol–water partition coefficient (Wildman–Crippen LogP) is 1.51. The number of likely N-dealkylation sites (tertiary alicyclic amines) is 1. The number of rotatable bonds is 3. The first-order valence-electron chi connectivity index (χ1n) is 5.27. The van der Waals surface area contributed by atoms with Crippen LogP contribution in [0.25, 0.3) is 0 Å². The zero-order valence-corrected chi connectivity index (χ0v) is 8.85. The monoisotopic (exact) mass is 219 g/mol. The first kappa shape index (κ1) is 10.7. The van der Waals surface area contributed by atoms with Crippen LogP contribution in [0.1, 0.15) is 28.8 Å². The molecule has 2 rings (SSSR count). The number of nitrogens with zero attached hydrogens (tertiary/aromatic N) is 1. The predicted molar refractivity (Wildman–Crippen MR) is 58.1 cm³/mol. The molecule has 1 aliphatic heterocycles. The van der Waals surface area contributed by atoms with E-state index in [1.165, 1.54) is 0 Å². The van der Waals surface area contributed by atoms with E-state index >= 15 is 0 Å². The van der Waals surface area contributed by atoms with E-state index in [9.17, 15) is 9.59 Å². The van der Waals surface area contributed by atoms with E-state index in [0.29, 0.717) is 13.0 Å². The van der Waals surface area contributed by atoms with Crippen LogP contribution in [0, 0.1) is 0 Å². The van der Waals surface area contributed by atoms with Crippen molar-refractivity contribution in [3.63, 3.8) is 0 Å². The Balaban J connectivity index is 2.12. The number of hydrogen-bond donors (Lipinski definition) is 1. The van der Waals surface area contributed by atoms with Gasteiger partial charge in [0.25, 0.3) is 0 Å². The summed E-state index contributed by atoms with van der Waals surface area (Å²) in [5, 5.41) is 8.84. The van der Waals surface area contributed by atoms with Crippen molar-refractivity contribution < 1.29 is 14.7 Å². The fourth-order valence-electron chi connectivity index (χ4n) is 1.89. The van der Waals surface area contributed by atoms with Crippen molar-refractivity contribution in [2.24, 2.45) is 0 Å². The van der Waals surface area contributed by atoms with Gasteiger partial charge in [-0.25, -0.2) is 4.79 Å². The van der Waals surface area contributed by atoms with Crippen LogP contribution in [0.2, 0.25) is 0 Å². The smallest absolute Gasteiger partial charge is 0.335 e. The molecule has 1 fully saturated rings. The highest BCUT2D eigenvalue weighted by Gasteiger charge is 2.20. The normalized spacial score (nSPS) is 15.5. The van der Waals surface area contributed by atoms with Crippen LogP contribution >= 0.6 is 0 Å². The maximum atomic E-state index is 11.4. The SMILES string of the molecule is O=C(O)c1cccc(CN2CCCC2=O)c1. The van der Waals surface area contributed by atoms with Gasteiger partial charge in [0.05, 0.1) is 5.56 Å². The number of carbonyl (C=O) groups excluding carboxylic acids is 1. The largest absolute Gasteiger partial charge is 0.478 e. The van der Waals surface area contributed by atoms with Gasteiger partial charge in [-0.1, -0.05) is 12.1 Å². The number of carboxylic acids is 1. The molecule has 4 nitrogen and oxygen atoms in total. The van der Waals surface area contributed by atoms with Crippen LogP contribution < -0.4 is 0 Å². The molecule has 0 saturated carbocycles. The van der Waals surface area contributed by atoms with Gasteiger partial charge in [-0.15, -0.1) is 0 Å². The molecule has 0 aromatic heterocycles. The quantitative estimate of drug-likeness (QED) is 0.838. The molecule has 0 radical (unpaired) electrons. The summed E-state index contributed by atoms with van der Waals surface area (Å²) in [5.74, 6) is -0.782. The molecule has 4 heteroatoms. The molecule has 0 spiro atoms. The summed E-state index contributed by atoms with van der Waals surface area (Å²) < 4.78 is 0. The van der Waals surface area contributed by atoms with E-state index in [1.54, 1.807) is 23.1 Å². The maximum absolute atomic E-state index is 11.4. The van der Waals surface area contributed by atoms with Gasteiger partial charge in [-0.2, -0.15) is 0 Å². The number of amides is 1. The third kappa shape index (κ3) is 2.21. The van der Waals surface area contributed by atoms with E-state index in [0.717, 1.165) is 18.5 Å². The molecule has 0 aliphatic carbocycles. The Morgan fingerprint density at radius 2 is 2.25 bits per heavy atom. The standard InChI is InChI=1S/C12H13NO3/c14-11-5-2-6-13(11)8-9-3-1-4-10(7-9)12(15)16/h1,3-4,7H,2,5-6,8H2,(H,15,16). The average molecular weight is 219 g/mol. The fourth-order valence-corrected chi connectivity index (χ4v) is 1.89. The lowest BCUT2D eigenvalue weighted by Gasteiger charge is -2.15. The lowest BCUT2D eigenvalue weighted by atomic mass is 10.1. The highest BCUT2D eigenvalue weighted by atomic mass is 16.4. The van der Waals surface area contributed by atoms with E-state index < -0.39 is 5.97 Å². The molecule has 0 bridgehead atoms. The van der Waals surface area contributed by atoms with Crippen molar-refractivity contribution in [3.8, 4) is 0 Å². The van der Waals surface area contributed by atoms with Crippen molar-refractivity contribution >= 4 is 11.9 Å². The van der Waals surface area contributed by atoms with E-state index in [4.69, 9.17) is 5.11 Å². The third-order valence-corrected chi connectivity index (χ3v) is 2.72. The van der Waals surface area contributed by atoms with Gasteiger partial charge in [-0.05, 0) is 24.1 Å². The van der Waals surface area contributed by atoms with Crippen molar-refractivity contribution in [1.82, 2.24) is 4.90 Å². The van der Waals surface area contributed by atoms with Gasteiger partial charge >= 0.3 is 5.97 Å². The van der Waals surface area contributed by atoms with Gasteiger partial charge in [0.15, 0.2) is 0 Å². The molecule has 0 atom stereocenters. The zero-order chi connectivity index (χ0) is 11.5. The summed E-state index contributed by atoms with van der Waals surface area (Å²) in [7, 11) is 0. The van der Waals surface area contributed by atoms with Gasteiger partial charge in [0, 0.05) is 19.5 Å². The minimum atomic E-state index is -0.936. The number of aromatic carboxylic acids is 1. The van der Waals surface area contributed by atoms with E-state index in [1.807, 2.05) is 6.07 Å². The zero-order valence-electron chi connectivity index (χ0n) is 8.85. The molecule has 1 aliphatic rings. The van der Waals surface area contributed by atoms with Gasteiger partial charge in [0.2, 0.25) is 5.91 Å². The van der Waals surface area contributed by atoms with E-state index in [-0.39, 0.29) is 11.5 Å². The van der Waals surface area contributed by atoms with Crippen molar-refractivity contribution in [3.05, 3.63) is 35.4 Å². The van der Waals surface area contributed by atoms with Gasteiger partial charge < -0.3 is 10.0 Å². The lowest BCUT2D eigenvalue weighted by Crippen LogP contribution is -2.23. The Hall–Kier alpha value is -1.84. The topological polar surface area (TPSA) is 57.6 Å². The molecule has 1 heterocycles. The van der Waals surface area contributed by atoms with Gasteiger partial charge in [-0.3, -0.25) is 4.79 Å². The number of hydrogen-bond acceptors (Lipinski definition) is 2. The first-order chi connectivity index (χ1) is 7.66. The van der Waals surface area contributed by atoms with Crippen molar-refractivity contribution in [2.75, 3.05) is 6.54 Å². The number of carbonyl (C=O) groups is 2. The summed E-state index contributed by atoms with van der Waals surface area (Å²) >= 11 is 0. The molecule has 1 aromatic carbocycles. The summed E-state index contributed by atoms with van der Waals surface area (Å²) in [6.07, 6.45) is 1.51. The summed E-state index contributed by atoms with van der Waals surface area (Å²) in [5.41, 5.74) is 1.14. The molecule has 1 aromatic rings. The Kier molecular flexibility index (Phi) is 2.90. The van der Waals surface area contributed by atoms with Crippen LogP contribution in [0.3, 0.4) is 0 Å². The fraction of sp³-hybridized carbons (Fsp3) is 0.333. The second-order valence-electron chi connectivity index (χ2n) is 3.92. The molecule has 1 amide bonds. The minimum Gasteiger partial charge on any atom is -0.478 e. The number of carboxylic acid groups (broad SMARTS) is 1. The molecule has 16 heavy (non-hydrogen) atoms. The Bertz CT molecular complexity index is 428. The van der Waals surface area contributed by atoms with Crippen molar-refractivity contribution in [1.29, 1.82) is 0 Å². The highest BCUT2D eigenvalue weighted by Crippen LogP contribution is 2.15. The second-order valence-corrected chi connectivity index (χ2v) is 3.92.